The molecular weight excluding hydrogens is 347 g/mol. The second kappa shape index (κ2) is 8.85. The number of nitrogens with zero attached hydrogens (tertiary/aromatic N) is 2. The van der Waals surface area contributed by atoms with Gasteiger partial charge in [0.1, 0.15) is 5.82 Å². The molecule has 1 heterocycles. The number of nitrogens with one attached hydrogen (secondary N) is 2. The predicted octanol–water partition coefficient (Wildman–Crippen LogP) is 3.97. The van der Waals surface area contributed by atoms with E-state index in [4.69, 9.17) is 23.2 Å². The van der Waals surface area contributed by atoms with Crippen LogP contribution in [-0.2, 0) is 6.42 Å². The SMILES string of the molecule is CCC(C)Nc1ccc(C(=O)NCCc2ccc(Cl)cc2Cl)nn1. The van der Waals surface area contributed by atoms with Gasteiger partial charge in [0, 0.05) is 22.6 Å². The van der Waals surface area contributed by atoms with Crippen LogP contribution in [0, 0.1) is 0 Å². The third-order valence-corrected chi connectivity index (χ3v) is 4.19. The minimum Gasteiger partial charge on any atom is -0.366 e. The molecule has 0 spiro atoms. The summed E-state index contributed by atoms with van der Waals surface area (Å²) in [5, 5.41) is 15.2. The number of halogens is 2. The van der Waals surface area contributed by atoms with Crippen LogP contribution in [0.25, 0.3) is 0 Å². The van der Waals surface area contributed by atoms with Crippen molar-refractivity contribution >= 4 is 34.9 Å². The first-order valence-corrected chi connectivity index (χ1v) is 8.57. The van der Waals surface area contributed by atoms with Crippen molar-refractivity contribution in [1.29, 1.82) is 0 Å². The van der Waals surface area contributed by atoms with Crippen molar-refractivity contribution in [2.75, 3.05) is 11.9 Å². The highest BCUT2D eigenvalue weighted by molar-refractivity contribution is 6.35. The van der Waals surface area contributed by atoms with Gasteiger partial charge in [0.15, 0.2) is 5.69 Å². The van der Waals surface area contributed by atoms with Crippen molar-refractivity contribution in [3.05, 3.63) is 51.6 Å². The van der Waals surface area contributed by atoms with Gasteiger partial charge in [-0.05, 0) is 49.6 Å². The van der Waals surface area contributed by atoms with Crippen molar-refractivity contribution < 1.29 is 4.79 Å². The van der Waals surface area contributed by atoms with Gasteiger partial charge in [-0.3, -0.25) is 4.79 Å². The Kier molecular flexibility index (Phi) is 6.82. The fraction of sp³-hybridized carbons (Fsp3) is 0.353. The first kappa shape index (κ1) is 18.5. The van der Waals surface area contributed by atoms with E-state index < -0.39 is 0 Å². The van der Waals surface area contributed by atoms with E-state index in [9.17, 15) is 4.79 Å². The Labute approximate surface area is 151 Å². The topological polar surface area (TPSA) is 66.9 Å². The smallest absolute Gasteiger partial charge is 0.271 e. The maximum atomic E-state index is 12.1. The van der Waals surface area contributed by atoms with E-state index in [0.717, 1.165) is 12.0 Å². The molecule has 5 nitrogen and oxygen atoms in total. The minimum absolute atomic E-state index is 0.261. The third kappa shape index (κ3) is 5.35. The molecule has 2 rings (SSSR count). The molecule has 0 saturated heterocycles. The van der Waals surface area contributed by atoms with Gasteiger partial charge in [0.25, 0.3) is 5.91 Å². The van der Waals surface area contributed by atoms with Gasteiger partial charge >= 0.3 is 0 Å². The van der Waals surface area contributed by atoms with Gasteiger partial charge in [-0.1, -0.05) is 36.2 Å². The first-order valence-electron chi connectivity index (χ1n) is 7.82. The average molecular weight is 367 g/mol. The Morgan fingerprint density at radius 3 is 2.62 bits per heavy atom. The second-order valence-electron chi connectivity index (χ2n) is 5.50. The third-order valence-electron chi connectivity index (χ3n) is 3.60. The minimum atomic E-state index is -0.261. The lowest BCUT2D eigenvalue weighted by Crippen LogP contribution is -2.27. The maximum absolute atomic E-state index is 12.1. The van der Waals surface area contributed by atoms with Gasteiger partial charge in [0.05, 0.1) is 0 Å². The molecule has 128 valence electrons. The number of amides is 1. The second-order valence-corrected chi connectivity index (χ2v) is 6.34. The van der Waals surface area contributed by atoms with Gasteiger partial charge in [-0.25, -0.2) is 0 Å². The number of hydrogen-bond donors (Lipinski definition) is 2. The average Bonchev–Trinajstić information content (AvgIpc) is 2.57. The molecule has 0 aliphatic rings. The van der Waals surface area contributed by atoms with Crippen molar-refractivity contribution in [3.63, 3.8) is 0 Å². The summed E-state index contributed by atoms with van der Waals surface area (Å²) in [6.07, 6.45) is 1.60. The molecule has 1 aromatic heterocycles. The molecule has 1 atom stereocenters. The normalized spacial score (nSPS) is 11.8. The van der Waals surface area contributed by atoms with Gasteiger partial charge < -0.3 is 10.6 Å². The molecule has 2 N–H and O–H groups in total. The van der Waals surface area contributed by atoms with Gasteiger partial charge in [-0.15, -0.1) is 10.2 Å². The van der Waals surface area contributed by atoms with Crippen molar-refractivity contribution in [3.8, 4) is 0 Å². The van der Waals surface area contributed by atoms with Gasteiger partial charge in [0.2, 0.25) is 0 Å². The Bertz CT molecular complexity index is 691. The van der Waals surface area contributed by atoms with E-state index in [1.807, 2.05) is 6.07 Å². The number of aromatic nitrogens is 2. The van der Waals surface area contributed by atoms with E-state index in [2.05, 4.69) is 34.7 Å². The van der Waals surface area contributed by atoms with Crippen molar-refractivity contribution in [2.45, 2.75) is 32.7 Å². The molecular formula is C17H20Cl2N4O. The monoisotopic (exact) mass is 366 g/mol. The Morgan fingerprint density at radius 1 is 1.21 bits per heavy atom. The zero-order valence-corrected chi connectivity index (χ0v) is 15.2. The standard InChI is InChI=1S/C17H20Cl2N4O/c1-3-11(2)21-16-7-6-15(22-23-16)17(24)20-9-8-12-4-5-13(18)10-14(12)19/h4-7,10-11H,3,8-9H2,1-2H3,(H,20,24)(H,21,23). The van der Waals surface area contributed by atoms with Gasteiger partial charge in [-0.2, -0.15) is 0 Å². The predicted molar refractivity (Wildman–Crippen MR) is 97.9 cm³/mol. The Balaban J connectivity index is 1.86. The highest BCUT2D eigenvalue weighted by Crippen LogP contribution is 2.21. The number of anilines is 1. The van der Waals surface area contributed by atoms with Crippen LogP contribution < -0.4 is 10.6 Å². The van der Waals surface area contributed by atoms with Crippen LogP contribution in [0.1, 0.15) is 36.3 Å². The Morgan fingerprint density at radius 2 is 2.00 bits per heavy atom. The van der Waals surface area contributed by atoms with E-state index in [-0.39, 0.29) is 11.6 Å². The number of carbonyl (C=O) groups is 1. The fourth-order valence-corrected chi connectivity index (χ4v) is 2.51. The van der Waals surface area contributed by atoms with E-state index in [0.29, 0.717) is 34.9 Å². The molecule has 0 aliphatic carbocycles. The number of benzene rings is 1. The van der Waals surface area contributed by atoms with Crippen LogP contribution in [0.5, 0.6) is 0 Å². The maximum Gasteiger partial charge on any atom is 0.271 e. The number of carbonyl (C=O) groups excluding carboxylic acids is 1. The summed E-state index contributed by atoms with van der Waals surface area (Å²) < 4.78 is 0. The molecule has 0 aliphatic heterocycles. The van der Waals surface area contributed by atoms with Crippen LogP contribution in [0.4, 0.5) is 5.82 Å². The molecule has 24 heavy (non-hydrogen) atoms. The summed E-state index contributed by atoms with van der Waals surface area (Å²) >= 11 is 12.0. The summed E-state index contributed by atoms with van der Waals surface area (Å²) in [5.74, 6) is 0.400. The Hall–Kier alpha value is -1.85. The zero-order chi connectivity index (χ0) is 17.5. The highest BCUT2D eigenvalue weighted by Gasteiger charge is 2.09. The quantitative estimate of drug-likeness (QED) is 0.777. The summed E-state index contributed by atoms with van der Waals surface area (Å²) in [5.41, 5.74) is 1.22. The van der Waals surface area contributed by atoms with Crippen LogP contribution in [0.15, 0.2) is 30.3 Å². The summed E-state index contributed by atoms with van der Waals surface area (Å²) in [6, 6.07) is 9.04. The molecule has 0 fully saturated rings. The number of rotatable bonds is 7. The molecule has 1 unspecified atom stereocenters. The van der Waals surface area contributed by atoms with Crippen LogP contribution in [0.3, 0.4) is 0 Å². The van der Waals surface area contributed by atoms with E-state index in [1.165, 1.54) is 0 Å². The lowest BCUT2D eigenvalue weighted by molar-refractivity contribution is 0.0948. The van der Waals surface area contributed by atoms with E-state index in [1.54, 1.807) is 24.3 Å². The van der Waals surface area contributed by atoms with Crippen LogP contribution in [0.2, 0.25) is 10.0 Å². The van der Waals surface area contributed by atoms with E-state index >= 15 is 0 Å². The molecule has 0 radical (unpaired) electrons. The highest BCUT2D eigenvalue weighted by atomic mass is 35.5. The van der Waals surface area contributed by atoms with Crippen LogP contribution >= 0.6 is 23.2 Å². The fourth-order valence-electron chi connectivity index (χ4n) is 2.01. The van der Waals surface area contributed by atoms with Crippen molar-refractivity contribution in [2.24, 2.45) is 0 Å². The lowest BCUT2D eigenvalue weighted by atomic mass is 10.1. The van der Waals surface area contributed by atoms with Crippen LogP contribution in [-0.4, -0.2) is 28.7 Å². The molecule has 7 heteroatoms. The summed E-state index contributed by atoms with van der Waals surface area (Å²) in [6.45, 7) is 4.60. The molecule has 0 saturated carbocycles. The van der Waals surface area contributed by atoms with Crippen molar-refractivity contribution in [1.82, 2.24) is 15.5 Å². The zero-order valence-electron chi connectivity index (χ0n) is 13.6. The number of hydrogen-bond acceptors (Lipinski definition) is 4. The summed E-state index contributed by atoms with van der Waals surface area (Å²) in [4.78, 5) is 12.1. The lowest BCUT2D eigenvalue weighted by Gasteiger charge is -2.11. The summed E-state index contributed by atoms with van der Waals surface area (Å²) in [7, 11) is 0. The molecule has 2 aromatic rings. The first-order chi connectivity index (χ1) is 11.5. The largest absolute Gasteiger partial charge is 0.366 e. The molecule has 0 bridgehead atoms. The molecule has 1 amide bonds. The molecule has 1 aromatic carbocycles.